The minimum absolute atomic E-state index is 0.765. The van der Waals surface area contributed by atoms with Gasteiger partial charge in [0.25, 0.3) is 0 Å². The molecule has 0 saturated carbocycles. The summed E-state index contributed by atoms with van der Waals surface area (Å²) < 4.78 is 7.43. The van der Waals surface area contributed by atoms with Gasteiger partial charge in [-0.25, -0.2) is 0 Å². The summed E-state index contributed by atoms with van der Waals surface area (Å²) in [4.78, 5) is 0. The minimum atomic E-state index is 0.765. The van der Waals surface area contributed by atoms with E-state index in [-0.39, 0.29) is 0 Å². The molecule has 0 aliphatic heterocycles. The summed E-state index contributed by atoms with van der Waals surface area (Å²) in [5, 5.41) is 3.33. The molecule has 0 aliphatic rings. The lowest BCUT2D eigenvalue weighted by Gasteiger charge is -2.04. The van der Waals surface area contributed by atoms with E-state index in [4.69, 9.17) is 4.74 Å². The van der Waals surface area contributed by atoms with Gasteiger partial charge in [0.1, 0.15) is 0 Å². The highest BCUT2D eigenvalue weighted by Crippen LogP contribution is 1.97. The molecule has 84 valence electrons. The van der Waals surface area contributed by atoms with Gasteiger partial charge in [0.2, 0.25) is 0 Å². The van der Waals surface area contributed by atoms with Gasteiger partial charge in [0.05, 0.1) is 13.2 Å². The van der Waals surface area contributed by atoms with Gasteiger partial charge in [-0.3, -0.25) is 0 Å². The molecule has 1 rings (SSSR count). The van der Waals surface area contributed by atoms with Gasteiger partial charge in [0, 0.05) is 32.5 Å². The van der Waals surface area contributed by atoms with E-state index in [1.165, 1.54) is 5.56 Å². The van der Waals surface area contributed by atoms with Gasteiger partial charge in [-0.2, -0.15) is 0 Å². The summed E-state index contributed by atoms with van der Waals surface area (Å²) >= 11 is 0. The van der Waals surface area contributed by atoms with E-state index in [1.807, 2.05) is 13.1 Å². The van der Waals surface area contributed by atoms with Gasteiger partial charge >= 0.3 is 0 Å². The summed E-state index contributed by atoms with van der Waals surface area (Å²) in [5.41, 5.74) is 1.31. The van der Waals surface area contributed by atoms with Crippen LogP contribution in [0.25, 0.3) is 0 Å². The Kier molecular flexibility index (Phi) is 5.81. The van der Waals surface area contributed by atoms with Crippen molar-refractivity contribution in [1.82, 2.24) is 9.88 Å². The van der Waals surface area contributed by atoms with E-state index in [2.05, 4.69) is 34.9 Å². The first-order chi connectivity index (χ1) is 7.33. The number of hydrogen-bond donors (Lipinski definition) is 1. The van der Waals surface area contributed by atoms with E-state index < -0.39 is 0 Å². The molecule has 0 saturated heterocycles. The van der Waals surface area contributed by atoms with Crippen LogP contribution in [-0.2, 0) is 18.3 Å². The van der Waals surface area contributed by atoms with Crippen molar-refractivity contribution in [2.45, 2.75) is 13.0 Å². The van der Waals surface area contributed by atoms with Gasteiger partial charge in [0.15, 0.2) is 0 Å². The van der Waals surface area contributed by atoms with E-state index in [0.717, 1.165) is 32.7 Å². The maximum absolute atomic E-state index is 5.38. The van der Waals surface area contributed by atoms with Crippen molar-refractivity contribution in [2.75, 3.05) is 19.8 Å². The topological polar surface area (TPSA) is 26.2 Å². The van der Waals surface area contributed by atoms with Crippen molar-refractivity contribution in [3.63, 3.8) is 0 Å². The molecule has 3 nitrogen and oxygen atoms in total. The highest BCUT2D eigenvalue weighted by molar-refractivity contribution is 5.09. The Morgan fingerprint density at radius 2 is 2.40 bits per heavy atom. The van der Waals surface area contributed by atoms with E-state index in [1.54, 1.807) is 0 Å². The minimum Gasteiger partial charge on any atom is -0.380 e. The lowest BCUT2D eigenvalue weighted by molar-refractivity contribution is 0.140. The molecule has 0 radical (unpaired) electrons. The van der Waals surface area contributed by atoms with Crippen molar-refractivity contribution >= 4 is 0 Å². The van der Waals surface area contributed by atoms with Crippen LogP contribution < -0.4 is 5.32 Å². The number of aryl methyl sites for hydroxylation is 1. The summed E-state index contributed by atoms with van der Waals surface area (Å²) in [6.45, 7) is 6.98. The van der Waals surface area contributed by atoms with Crippen molar-refractivity contribution in [2.24, 2.45) is 7.05 Å². The lowest BCUT2D eigenvalue weighted by Crippen LogP contribution is -2.19. The molecule has 0 fully saturated rings. The summed E-state index contributed by atoms with van der Waals surface area (Å²) in [5.74, 6) is 0. The molecule has 0 amide bonds. The Morgan fingerprint density at radius 1 is 1.53 bits per heavy atom. The van der Waals surface area contributed by atoms with E-state index >= 15 is 0 Å². The molecule has 0 aromatic carbocycles. The molecule has 0 bridgehead atoms. The second-order valence-corrected chi connectivity index (χ2v) is 3.55. The van der Waals surface area contributed by atoms with Crippen LogP contribution in [0.3, 0.4) is 0 Å². The number of hydrogen-bond acceptors (Lipinski definition) is 2. The zero-order valence-electron chi connectivity index (χ0n) is 9.41. The van der Waals surface area contributed by atoms with Gasteiger partial charge in [-0.1, -0.05) is 6.08 Å². The quantitative estimate of drug-likeness (QED) is 0.520. The van der Waals surface area contributed by atoms with Crippen LogP contribution in [0.15, 0.2) is 31.1 Å². The molecule has 3 heteroatoms. The number of ether oxygens (including phenoxy) is 1. The van der Waals surface area contributed by atoms with E-state index in [9.17, 15) is 0 Å². The molecule has 0 atom stereocenters. The first kappa shape index (κ1) is 12.0. The monoisotopic (exact) mass is 208 g/mol. The molecular weight excluding hydrogens is 188 g/mol. The number of rotatable bonds is 8. The Balaban J connectivity index is 1.95. The third-order valence-electron chi connectivity index (χ3n) is 2.11. The van der Waals surface area contributed by atoms with Crippen LogP contribution in [-0.4, -0.2) is 24.3 Å². The third kappa shape index (κ3) is 5.40. The van der Waals surface area contributed by atoms with Gasteiger partial charge < -0.3 is 14.6 Å². The maximum atomic E-state index is 5.38. The van der Waals surface area contributed by atoms with Gasteiger partial charge in [-0.15, -0.1) is 6.58 Å². The van der Waals surface area contributed by atoms with Crippen molar-refractivity contribution < 1.29 is 4.74 Å². The fourth-order valence-electron chi connectivity index (χ4n) is 1.31. The Hall–Kier alpha value is -1.06. The van der Waals surface area contributed by atoms with Crippen LogP contribution in [0.1, 0.15) is 12.0 Å². The first-order valence-corrected chi connectivity index (χ1v) is 5.33. The average molecular weight is 208 g/mol. The first-order valence-electron chi connectivity index (χ1n) is 5.33. The summed E-state index contributed by atoms with van der Waals surface area (Å²) in [6.07, 6.45) is 6.97. The van der Waals surface area contributed by atoms with Crippen molar-refractivity contribution in [3.8, 4) is 0 Å². The average Bonchev–Trinajstić information content (AvgIpc) is 2.63. The number of aromatic nitrogens is 1. The van der Waals surface area contributed by atoms with Crippen LogP contribution >= 0.6 is 0 Å². The lowest BCUT2D eigenvalue weighted by atomic mass is 10.3. The standard InChI is InChI=1S/C12H20N2O/c1-3-4-8-15-9-6-13-10-12-5-7-14(2)11-12/h3,5,7,11,13H,1,4,6,8-10H2,2H3. The molecule has 1 N–H and O–H groups in total. The van der Waals surface area contributed by atoms with Crippen LogP contribution in [0.5, 0.6) is 0 Å². The normalized spacial score (nSPS) is 10.5. The molecule has 0 spiro atoms. The second-order valence-electron chi connectivity index (χ2n) is 3.55. The van der Waals surface area contributed by atoms with Crippen LogP contribution in [0, 0.1) is 0 Å². The Morgan fingerprint density at radius 3 is 3.07 bits per heavy atom. The second kappa shape index (κ2) is 7.26. The molecule has 1 heterocycles. The molecule has 0 unspecified atom stereocenters. The molecule has 1 aromatic heterocycles. The number of nitrogens with one attached hydrogen (secondary N) is 1. The van der Waals surface area contributed by atoms with Crippen LogP contribution in [0.4, 0.5) is 0 Å². The maximum Gasteiger partial charge on any atom is 0.0591 e. The van der Waals surface area contributed by atoms with Gasteiger partial charge in [-0.05, 0) is 18.1 Å². The highest BCUT2D eigenvalue weighted by atomic mass is 16.5. The van der Waals surface area contributed by atoms with Crippen molar-refractivity contribution in [3.05, 3.63) is 36.7 Å². The molecule has 1 aromatic rings. The molecular formula is C12H20N2O. The van der Waals surface area contributed by atoms with E-state index in [0.29, 0.717) is 0 Å². The summed E-state index contributed by atoms with van der Waals surface area (Å²) in [7, 11) is 2.03. The largest absolute Gasteiger partial charge is 0.380 e. The Bertz CT molecular complexity index is 281. The zero-order valence-corrected chi connectivity index (χ0v) is 9.41. The third-order valence-corrected chi connectivity index (χ3v) is 2.11. The fraction of sp³-hybridized carbons (Fsp3) is 0.500. The predicted octanol–water partition coefficient (Wildman–Crippen LogP) is 1.71. The highest BCUT2D eigenvalue weighted by Gasteiger charge is 1.93. The number of nitrogens with zero attached hydrogens (tertiary/aromatic N) is 1. The van der Waals surface area contributed by atoms with Crippen molar-refractivity contribution in [1.29, 1.82) is 0 Å². The zero-order chi connectivity index (χ0) is 10.9. The Labute approximate surface area is 91.7 Å². The SMILES string of the molecule is C=CCCOCCNCc1ccn(C)c1. The molecule has 0 aliphatic carbocycles. The summed E-state index contributed by atoms with van der Waals surface area (Å²) in [6, 6.07) is 2.12. The molecule has 15 heavy (non-hydrogen) atoms. The smallest absolute Gasteiger partial charge is 0.0591 e. The fourth-order valence-corrected chi connectivity index (χ4v) is 1.31. The van der Waals surface area contributed by atoms with Crippen LogP contribution in [0.2, 0.25) is 0 Å². The predicted molar refractivity (Wildman–Crippen MR) is 62.8 cm³/mol.